The molecule has 24 heavy (non-hydrogen) atoms. The van der Waals surface area contributed by atoms with E-state index in [1.807, 2.05) is 34.6 Å². The minimum Gasteiger partial charge on any atom is -0.444 e. The highest BCUT2D eigenvalue weighted by atomic mass is 16.6. The molecular formula is C19H39N3O2. The number of alkyl carbamates (subject to hydrolysis) is 1. The van der Waals surface area contributed by atoms with Gasteiger partial charge in [-0.1, -0.05) is 6.92 Å². The first-order valence-corrected chi connectivity index (χ1v) is 9.49. The zero-order valence-corrected chi connectivity index (χ0v) is 16.9. The number of carbonyl (C=O) groups excluding carboxylic acids is 1. The lowest BCUT2D eigenvalue weighted by Crippen LogP contribution is -2.54. The summed E-state index contributed by atoms with van der Waals surface area (Å²) < 4.78 is 5.35. The minimum absolute atomic E-state index is 0.339. The van der Waals surface area contributed by atoms with Crippen LogP contribution in [0, 0.1) is 5.92 Å². The molecule has 1 saturated heterocycles. The Kier molecular flexibility index (Phi) is 8.00. The van der Waals surface area contributed by atoms with Crippen molar-refractivity contribution in [2.45, 2.75) is 84.9 Å². The van der Waals surface area contributed by atoms with E-state index >= 15 is 0 Å². The second kappa shape index (κ2) is 9.04. The highest BCUT2D eigenvalue weighted by Crippen LogP contribution is 2.20. The van der Waals surface area contributed by atoms with Crippen LogP contribution in [0.4, 0.5) is 4.79 Å². The maximum Gasteiger partial charge on any atom is 0.408 e. The Morgan fingerprint density at radius 1 is 1.29 bits per heavy atom. The number of nitrogens with one attached hydrogen (secondary N) is 2. The van der Waals surface area contributed by atoms with Gasteiger partial charge in [0.05, 0.1) is 5.54 Å². The molecule has 2 N–H and O–H groups in total. The van der Waals surface area contributed by atoms with E-state index < -0.39 is 5.60 Å². The number of hydrogen-bond donors (Lipinski definition) is 2. The van der Waals surface area contributed by atoms with Gasteiger partial charge < -0.3 is 20.3 Å². The Hall–Kier alpha value is -0.810. The Morgan fingerprint density at radius 3 is 2.54 bits per heavy atom. The van der Waals surface area contributed by atoms with Crippen LogP contribution in [-0.4, -0.2) is 54.4 Å². The van der Waals surface area contributed by atoms with Gasteiger partial charge in [-0.25, -0.2) is 4.79 Å². The van der Waals surface area contributed by atoms with E-state index in [-0.39, 0.29) is 11.6 Å². The van der Waals surface area contributed by atoms with Crippen molar-refractivity contribution in [3.8, 4) is 0 Å². The summed E-state index contributed by atoms with van der Waals surface area (Å²) in [5, 5.41) is 6.59. The maximum atomic E-state index is 12.0. The van der Waals surface area contributed by atoms with Crippen LogP contribution >= 0.6 is 0 Å². The maximum absolute atomic E-state index is 12.0. The van der Waals surface area contributed by atoms with Gasteiger partial charge in [0.25, 0.3) is 0 Å². The predicted molar refractivity (Wildman–Crippen MR) is 100 cm³/mol. The van der Waals surface area contributed by atoms with Gasteiger partial charge in [-0.3, -0.25) is 0 Å². The molecule has 0 aromatic heterocycles. The molecule has 2 atom stereocenters. The Bertz CT molecular complexity index is 389. The molecule has 5 heteroatoms. The summed E-state index contributed by atoms with van der Waals surface area (Å²) in [6, 6.07) is 0.448. The largest absolute Gasteiger partial charge is 0.444 e. The van der Waals surface area contributed by atoms with E-state index in [1.54, 1.807) is 0 Å². The molecule has 0 aliphatic carbocycles. The van der Waals surface area contributed by atoms with Gasteiger partial charge in [0.1, 0.15) is 5.60 Å². The molecule has 0 bridgehead atoms. The van der Waals surface area contributed by atoms with Gasteiger partial charge in [-0.2, -0.15) is 0 Å². The number of piperidine rings is 1. The van der Waals surface area contributed by atoms with Gasteiger partial charge in [0.2, 0.25) is 0 Å². The number of rotatable bonds is 7. The van der Waals surface area contributed by atoms with E-state index in [2.05, 4.69) is 29.4 Å². The van der Waals surface area contributed by atoms with Crippen LogP contribution in [0.15, 0.2) is 0 Å². The Balaban J connectivity index is 2.41. The smallest absolute Gasteiger partial charge is 0.408 e. The Labute approximate surface area is 148 Å². The molecule has 0 saturated carbocycles. The molecule has 5 nitrogen and oxygen atoms in total. The van der Waals surface area contributed by atoms with Crippen molar-refractivity contribution >= 4 is 6.09 Å². The highest BCUT2D eigenvalue weighted by molar-refractivity contribution is 5.68. The average Bonchev–Trinajstić information content (AvgIpc) is 2.43. The third-order valence-electron chi connectivity index (χ3n) is 4.49. The molecule has 142 valence electrons. The molecule has 1 rings (SSSR count). The lowest BCUT2D eigenvalue weighted by molar-refractivity contribution is 0.0468. The van der Waals surface area contributed by atoms with E-state index in [4.69, 9.17) is 4.74 Å². The first-order chi connectivity index (χ1) is 11.0. The number of carbonyl (C=O) groups is 1. The van der Waals surface area contributed by atoms with E-state index in [0.29, 0.717) is 12.0 Å². The molecular weight excluding hydrogens is 302 g/mol. The first-order valence-electron chi connectivity index (χ1n) is 9.49. The van der Waals surface area contributed by atoms with Crippen molar-refractivity contribution in [2.75, 3.05) is 26.2 Å². The van der Waals surface area contributed by atoms with Crippen LogP contribution in [-0.2, 0) is 4.74 Å². The fraction of sp³-hybridized carbons (Fsp3) is 0.947. The standard InChI is InChI=1S/C19H39N3O2/c1-8-11-22-12-9-10-16(13-22)15(2)20-14-19(6,7)21-17(23)24-18(3,4)5/h15-16,20H,8-14H2,1-7H3,(H,21,23). The summed E-state index contributed by atoms with van der Waals surface area (Å²) in [6.45, 7) is 18.6. The molecule has 1 amide bonds. The molecule has 1 heterocycles. The quantitative estimate of drug-likeness (QED) is 0.745. The molecule has 0 spiro atoms. The average molecular weight is 342 g/mol. The SMILES string of the molecule is CCCN1CCCC(C(C)NCC(C)(C)NC(=O)OC(C)(C)C)C1. The number of hydrogen-bond acceptors (Lipinski definition) is 4. The van der Waals surface area contributed by atoms with Crippen LogP contribution in [0.25, 0.3) is 0 Å². The zero-order chi connectivity index (χ0) is 18.4. The minimum atomic E-state index is -0.467. The molecule has 0 aromatic rings. The van der Waals surface area contributed by atoms with Gasteiger partial charge >= 0.3 is 6.09 Å². The molecule has 1 aliphatic heterocycles. The van der Waals surface area contributed by atoms with Crippen molar-refractivity contribution in [1.82, 2.24) is 15.5 Å². The van der Waals surface area contributed by atoms with Crippen molar-refractivity contribution in [2.24, 2.45) is 5.92 Å². The van der Waals surface area contributed by atoms with Crippen LogP contribution < -0.4 is 10.6 Å². The fourth-order valence-corrected chi connectivity index (χ4v) is 3.23. The monoisotopic (exact) mass is 341 g/mol. The van der Waals surface area contributed by atoms with Gasteiger partial charge in [0, 0.05) is 19.1 Å². The zero-order valence-electron chi connectivity index (χ0n) is 16.9. The summed E-state index contributed by atoms with van der Waals surface area (Å²) in [5.74, 6) is 0.683. The molecule has 1 fully saturated rings. The summed E-state index contributed by atoms with van der Waals surface area (Å²) in [7, 11) is 0. The first kappa shape index (κ1) is 21.2. The summed E-state index contributed by atoms with van der Waals surface area (Å²) in [6.07, 6.45) is 3.44. The summed E-state index contributed by atoms with van der Waals surface area (Å²) >= 11 is 0. The summed E-state index contributed by atoms with van der Waals surface area (Å²) in [5.41, 5.74) is -0.805. The van der Waals surface area contributed by atoms with E-state index in [0.717, 1.165) is 6.54 Å². The normalized spacial score (nSPS) is 21.4. The van der Waals surface area contributed by atoms with Crippen molar-refractivity contribution in [3.05, 3.63) is 0 Å². The van der Waals surface area contributed by atoms with Crippen LogP contribution in [0.1, 0.15) is 67.7 Å². The van der Waals surface area contributed by atoms with Gasteiger partial charge in [0.15, 0.2) is 0 Å². The van der Waals surface area contributed by atoms with Gasteiger partial charge in [-0.05, 0) is 79.8 Å². The Morgan fingerprint density at radius 2 is 1.96 bits per heavy atom. The second-order valence-corrected chi connectivity index (χ2v) is 8.88. The fourth-order valence-electron chi connectivity index (χ4n) is 3.23. The molecule has 2 unspecified atom stereocenters. The third-order valence-corrected chi connectivity index (χ3v) is 4.49. The topological polar surface area (TPSA) is 53.6 Å². The molecule has 1 aliphatic rings. The van der Waals surface area contributed by atoms with Crippen molar-refractivity contribution in [1.29, 1.82) is 0 Å². The number of nitrogens with zero attached hydrogens (tertiary/aromatic N) is 1. The third kappa shape index (κ3) is 8.34. The molecule has 0 aromatic carbocycles. The van der Waals surface area contributed by atoms with Crippen LogP contribution in [0.3, 0.4) is 0 Å². The highest BCUT2D eigenvalue weighted by Gasteiger charge is 2.28. The van der Waals surface area contributed by atoms with Crippen molar-refractivity contribution < 1.29 is 9.53 Å². The molecule has 0 radical (unpaired) electrons. The number of likely N-dealkylation sites (tertiary alicyclic amines) is 1. The lowest BCUT2D eigenvalue weighted by Gasteiger charge is -2.37. The van der Waals surface area contributed by atoms with E-state index in [9.17, 15) is 4.79 Å². The number of amides is 1. The predicted octanol–water partition coefficient (Wildman–Crippen LogP) is 3.39. The second-order valence-electron chi connectivity index (χ2n) is 8.88. The summed E-state index contributed by atoms with van der Waals surface area (Å²) in [4.78, 5) is 14.5. The lowest BCUT2D eigenvalue weighted by atomic mass is 9.91. The van der Waals surface area contributed by atoms with Gasteiger partial charge in [-0.15, -0.1) is 0 Å². The van der Waals surface area contributed by atoms with Crippen LogP contribution in [0.5, 0.6) is 0 Å². The van der Waals surface area contributed by atoms with Crippen LogP contribution in [0.2, 0.25) is 0 Å². The van der Waals surface area contributed by atoms with E-state index in [1.165, 1.54) is 38.9 Å². The number of ether oxygens (including phenoxy) is 1. The van der Waals surface area contributed by atoms with Crippen molar-refractivity contribution in [3.63, 3.8) is 0 Å².